The molecule has 0 fully saturated rings. The maximum absolute atomic E-state index is 14.0. The van der Waals surface area contributed by atoms with Crippen molar-refractivity contribution in [3.8, 4) is 0 Å². The Morgan fingerprint density at radius 1 is 0.909 bits per heavy atom. The summed E-state index contributed by atoms with van der Waals surface area (Å²) in [6.07, 6.45) is 0. The summed E-state index contributed by atoms with van der Waals surface area (Å²) in [5, 5.41) is 15.7. The summed E-state index contributed by atoms with van der Waals surface area (Å²) in [7, 11) is 0. The van der Waals surface area contributed by atoms with Crippen molar-refractivity contribution in [1.82, 2.24) is 19.6 Å². The van der Waals surface area contributed by atoms with Crippen LogP contribution in [-0.2, 0) is 13.1 Å². The molecule has 0 atom stereocenters. The molecule has 0 aliphatic rings. The Labute approximate surface area is 196 Å². The van der Waals surface area contributed by atoms with Crippen LogP contribution >= 0.6 is 12.2 Å². The maximum Gasteiger partial charge on any atom is 0.176 e. The minimum absolute atomic E-state index is 0.261. The third-order valence-corrected chi connectivity index (χ3v) is 5.57. The highest BCUT2D eigenvalue weighted by molar-refractivity contribution is 7.80. The summed E-state index contributed by atoms with van der Waals surface area (Å²) in [4.78, 5) is 0. The first-order valence-corrected chi connectivity index (χ1v) is 10.9. The first-order chi connectivity index (χ1) is 15.8. The summed E-state index contributed by atoms with van der Waals surface area (Å²) in [6.45, 7) is 6.60. The lowest BCUT2D eigenvalue weighted by Gasteiger charge is -2.10. The SMILES string of the molecule is Cc1nn(Cc2ccc(F)cc2)c(C)c1NC(=S)Nc1cc(C)n(Cc2ccccc2F)n1. The number of halogens is 2. The van der Waals surface area contributed by atoms with Crippen LogP contribution in [0.1, 0.15) is 28.2 Å². The van der Waals surface area contributed by atoms with Crippen LogP contribution in [0.4, 0.5) is 20.3 Å². The van der Waals surface area contributed by atoms with Crippen LogP contribution in [0, 0.1) is 32.4 Å². The molecule has 2 N–H and O–H groups in total. The molecule has 0 radical (unpaired) electrons. The summed E-state index contributed by atoms with van der Waals surface area (Å²) in [5.74, 6) is 0.0375. The molecule has 0 saturated heterocycles. The van der Waals surface area contributed by atoms with Crippen molar-refractivity contribution < 1.29 is 8.78 Å². The zero-order valence-electron chi connectivity index (χ0n) is 18.6. The van der Waals surface area contributed by atoms with E-state index in [0.29, 0.717) is 29.6 Å². The van der Waals surface area contributed by atoms with Crippen LogP contribution in [0.5, 0.6) is 0 Å². The maximum atomic E-state index is 14.0. The number of nitrogens with zero attached hydrogens (tertiary/aromatic N) is 4. The lowest BCUT2D eigenvalue weighted by Crippen LogP contribution is -2.20. The summed E-state index contributed by atoms with van der Waals surface area (Å²) < 4.78 is 30.7. The molecule has 2 aromatic heterocycles. The lowest BCUT2D eigenvalue weighted by atomic mass is 10.2. The minimum Gasteiger partial charge on any atom is -0.329 e. The number of aromatic nitrogens is 4. The molecule has 33 heavy (non-hydrogen) atoms. The average Bonchev–Trinajstić information content (AvgIpc) is 3.24. The van der Waals surface area contributed by atoms with E-state index in [0.717, 1.165) is 28.3 Å². The Hall–Kier alpha value is -3.59. The average molecular weight is 467 g/mol. The van der Waals surface area contributed by atoms with Gasteiger partial charge in [-0.15, -0.1) is 0 Å². The van der Waals surface area contributed by atoms with Crippen LogP contribution in [0.25, 0.3) is 0 Å². The Kier molecular flexibility index (Phi) is 6.50. The smallest absolute Gasteiger partial charge is 0.176 e. The molecule has 0 spiro atoms. The molecule has 6 nitrogen and oxygen atoms in total. The van der Waals surface area contributed by atoms with Gasteiger partial charge in [0.2, 0.25) is 0 Å². The first-order valence-electron chi connectivity index (χ1n) is 10.4. The number of aryl methyl sites for hydroxylation is 2. The van der Waals surface area contributed by atoms with Gasteiger partial charge in [0.15, 0.2) is 10.9 Å². The molecule has 9 heteroatoms. The van der Waals surface area contributed by atoms with Crippen molar-refractivity contribution in [2.75, 3.05) is 10.6 Å². The van der Waals surface area contributed by atoms with Crippen molar-refractivity contribution in [3.63, 3.8) is 0 Å². The van der Waals surface area contributed by atoms with Gasteiger partial charge in [-0.1, -0.05) is 30.3 Å². The van der Waals surface area contributed by atoms with Gasteiger partial charge < -0.3 is 10.6 Å². The molecule has 0 aliphatic heterocycles. The minimum atomic E-state index is -0.266. The number of benzene rings is 2. The molecule has 0 aliphatic carbocycles. The number of hydrogen-bond acceptors (Lipinski definition) is 3. The van der Waals surface area contributed by atoms with Crippen LogP contribution in [-0.4, -0.2) is 24.7 Å². The predicted molar refractivity (Wildman–Crippen MR) is 130 cm³/mol. The van der Waals surface area contributed by atoms with Crippen molar-refractivity contribution in [1.29, 1.82) is 0 Å². The van der Waals surface area contributed by atoms with Crippen LogP contribution in [0.15, 0.2) is 54.6 Å². The topological polar surface area (TPSA) is 59.7 Å². The van der Waals surface area contributed by atoms with Crippen molar-refractivity contribution >= 4 is 28.8 Å². The van der Waals surface area contributed by atoms with Gasteiger partial charge in [-0.25, -0.2) is 8.78 Å². The third kappa shape index (κ3) is 5.25. The fourth-order valence-electron chi connectivity index (χ4n) is 3.57. The first kappa shape index (κ1) is 22.6. The lowest BCUT2D eigenvalue weighted by molar-refractivity contribution is 0.581. The van der Waals surface area contributed by atoms with E-state index in [1.807, 2.05) is 31.5 Å². The van der Waals surface area contributed by atoms with E-state index in [4.69, 9.17) is 12.2 Å². The van der Waals surface area contributed by atoms with Gasteiger partial charge in [0.1, 0.15) is 11.6 Å². The van der Waals surface area contributed by atoms with E-state index in [1.165, 1.54) is 18.2 Å². The Morgan fingerprint density at radius 2 is 1.64 bits per heavy atom. The summed E-state index contributed by atoms with van der Waals surface area (Å²) >= 11 is 5.48. The van der Waals surface area contributed by atoms with Gasteiger partial charge in [-0.2, -0.15) is 10.2 Å². The number of nitrogens with one attached hydrogen (secondary N) is 2. The normalized spacial score (nSPS) is 10.9. The Balaban J connectivity index is 1.43. The van der Waals surface area contributed by atoms with E-state index >= 15 is 0 Å². The van der Waals surface area contributed by atoms with Crippen molar-refractivity contribution in [3.05, 3.63) is 94.4 Å². The second kappa shape index (κ2) is 9.50. The number of rotatable bonds is 6. The van der Waals surface area contributed by atoms with Gasteiger partial charge in [-0.3, -0.25) is 9.36 Å². The molecule has 4 rings (SSSR count). The standard InChI is InChI=1S/C24H24F2N6S/c1-15-12-22(30-31(15)14-19-6-4-5-7-21(19)26)27-24(33)28-23-16(2)29-32(17(23)3)13-18-8-10-20(25)11-9-18/h4-12H,13-14H2,1-3H3,(H2,27,28,30,33). The van der Waals surface area contributed by atoms with Crippen molar-refractivity contribution in [2.45, 2.75) is 33.9 Å². The highest BCUT2D eigenvalue weighted by Gasteiger charge is 2.14. The predicted octanol–water partition coefficient (Wildman–Crippen LogP) is 5.19. The van der Waals surface area contributed by atoms with Crippen LogP contribution < -0.4 is 10.6 Å². The second-order valence-corrected chi connectivity index (χ2v) is 8.24. The highest BCUT2D eigenvalue weighted by atomic mass is 32.1. The van der Waals surface area contributed by atoms with E-state index in [9.17, 15) is 8.78 Å². The number of thiocarbonyl (C=S) groups is 1. The summed E-state index contributed by atoms with van der Waals surface area (Å²) in [6, 6.07) is 14.9. The van der Waals surface area contributed by atoms with Gasteiger partial charge >= 0.3 is 0 Å². The van der Waals surface area contributed by atoms with Crippen LogP contribution in [0.3, 0.4) is 0 Å². The quantitative estimate of drug-likeness (QED) is 0.383. The van der Waals surface area contributed by atoms with E-state index < -0.39 is 0 Å². The fourth-order valence-corrected chi connectivity index (χ4v) is 3.78. The second-order valence-electron chi connectivity index (χ2n) is 7.83. The number of anilines is 2. The molecule has 0 unspecified atom stereocenters. The molecule has 0 amide bonds. The largest absolute Gasteiger partial charge is 0.329 e. The fraction of sp³-hybridized carbons (Fsp3) is 0.208. The molecule has 2 aromatic carbocycles. The van der Waals surface area contributed by atoms with Gasteiger partial charge in [0.25, 0.3) is 0 Å². The Bertz CT molecular complexity index is 1290. The highest BCUT2D eigenvalue weighted by Crippen LogP contribution is 2.21. The zero-order chi connectivity index (χ0) is 23.5. The van der Waals surface area contributed by atoms with E-state index in [2.05, 4.69) is 20.8 Å². The molecule has 170 valence electrons. The van der Waals surface area contributed by atoms with Crippen molar-refractivity contribution in [2.24, 2.45) is 0 Å². The Morgan fingerprint density at radius 3 is 2.36 bits per heavy atom. The van der Waals surface area contributed by atoms with E-state index in [-0.39, 0.29) is 11.6 Å². The molecular formula is C24H24F2N6S. The molecular weight excluding hydrogens is 442 g/mol. The molecule has 2 heterocycles. The molecule has 4 aromatic rings. The van der Waals surface area contributed by atoms with Crippen LogP contribution in [0.2, 0.25) is 0 Å². The number of hydrogen-bond donors (Lipinski definition) is 2. The molecule has 0 saturated carbocycles. The molecule has 0 bridgehead atoms. The van der Waals surface area contributed by atoms with Gasteiger partial charge in [-0.05, 0) is 56.8 Å². The van der Waals surface area contributed by atoms with Gasteiger partial charge in [0.05, 0.1) is 30.2 Å². The zero-order valence-corrected chi connectivity index (χ0v) is 19.4. The summed E-state index contributed by atoms with van der Waals surface area (Å²) in [5.41, 5.74) is 4.89. The van der Waals surface area contributed by atoms with E-state index in [1.54, 1.807) is 35.0 Å². The third-order valence-electron chi connectivity index (χ3n) is 5.37. The monoisotopic (exact) mass is 466 g/mol. The van der Waals surface area contributed by atoms with Gasteiger partial charge in [0, 0.05) is 17.3 Å².